The predicted molar refractivity (Wildman–Crippen MR) is 199 cm³/mol. The first-order valence-corrected chi connectivity index (χ1v) is 18.8. The van der Waals surface area contributed by atoms with Gasteiger partial charge in [-0.2, -0.15) is 26.3 Å². The normalized spacial score (nSPS) is 19.8. The molecule has 13 heteroatoms. The average Bonchev–Trinajstić information content (AvgIpc) is 3.75. The molecule has 2 aliphatic carbocycles. The maximum atomic E-state index is 14.1. The first-order valence-electron chi connectivity index (χ1n) is 18.8. The van der Waals surface area contributed by atoms with Crippen molar-refractivity contribution in [2.45, 2.75) is 97.7 Å². The van der Waals surface area contributed by atoms with Gasteiger partial charge in [0.25, 0.3) is 6.10 Å². The third-order valence-corrected chi connectivity index (χ3v) is 11.3. The summed E-state index contributed by atoms with van der Waals surface area (Å²) in [5.74, 6) is -3.07. The van der Waals surface area contributed by atoms with E-state index in [2.05, 4.69) is 4.74 Å². The van der Waals surface area contributed by atoms with Crippen LogP contribution in [0.5, 0.6) is 5.75 Å². The molecule has 0 radical (unpaired) electrons. The lowest BCUT2D eigenvalue weighted by Gasteiger charge is -2.40. The second kappa shape index (κ2) is 15.1. The number of benzene rings is 4. The van der Waals surface area contributed by atoms with Crippen LogP contribution in [0.4, 0.5) is 26.3 Å². The van der Waals surface area contributed by atoms with Gasteiger partial charge in [0.2, 0.25) is 0 Å². The molecule has 2 fully saturated rings. The van der Waals surface area contributed by atoms with Gasteiger partial charge in [0.1, 0.15) is 11.9 Å². The fraction of sp³-hybridized carbons (Fsp3) is 0.455. The summed E-state index contributed by atoms with van der Waals surface area (Å²) < 4.78 is 95.9. The number of ether oxygens (including phenoxy) is 3. The molecule has 0 N–H and O–H groups in total. The van der Waals surface area contributed by atoms with E-state index >= 15 is 0 Å². The minimum atomic E-state index is -5.93. The fourth-order valence-corrected chi connectivity index (χ4v) is 8.67. The second-order valence-corrected chi connectivity index (χ2v) is 17.2. The summed E-state index contributed by atoms with van der Waals surface area (Å²) >= 11 is 0. The monoisotopic (exact) mass is 798 g/mol. The summed E-state index contributed by atoms with van der Waals surface area (Å²) in [7, 11) is 0. The van der Waals surface area contributed by atoms with Crippen molar-refractivity contribution in [2.75, 3.05) is 0 Å². The topological polar surface area (TPSA) is 96.0 Å². The molecule has 2 saturated carbocycles. The van der Waals surface area contributed by atoms with Crippen LogP contribution >= 0.6 is 0 Å². The fourth-order valence-electron chi connectivity index (χ4n) is 8.67. The Morgan fingerprint density at radius 2 is 1.18 bits per heavy atom. The molecule has 7 nitrogen and oxygen atoms in total. The zero-order valence-electron chi connectivity index (χ0n) is 32.2. The second-order valence-electron chi connectivity index (χ2n) is 17.2. The Bertz CT molecular complexity index is 2190. The Balaban J connectivity index is 1.22. The van der Waals surface area contributed by atoms with Crippen LogP contribution < -0.4 is 4.74 Å². The number of hydrogen-bond donors (Lipinski definition) is 0. The van der Waals surface area contributed by atoms with E-state index in [0.29, 0.717) is 28.9 Å². The van der Waals surface area contributed by atoms with Crippen molar-refractivity contribution in [2.24, 2.45) is 28.1 Å². The van der Waals surface area contributed by atoms with E-state index in [0.717, 1.165) is 49.3 Å². The Morgan fingerprint density at radius 3 is 1.74 bits per heavy atom. The van der Waals surface area contributed by atoms with Crippen molar-refractivity contribution in [1.82, 2.24) is 0 Å². The van der Waals surface area contributed by atoms with Gasteiger partial charge in [-0.05, 0) is 131 Å². The van der Waals surface area contributed by atoms with Gasteiger partial charge in [-0.15, -0.1) is 0 Å². The van der Waals surface area contributed by atoms with E-state index in [1.807, 2.05) is 36.4 Å². The Labute approximate surface area is 326 Å². The Hall–Kier alpha value is -4.94. The molecular weight excluding hydrogens is 754 g/mol. The predicted octanol–water partition coefficient (Wildman–Crippen LogP) is 10.7. The highest BCUT2D eigenvalue weighted by atomic mass is 19.4. The molecule has 0 amide bonds. The van der Waals surface area contributed by atoms with E-state index in [-0.39, 0.29) is 23.9 Å². The average molecular weight is 799 g/mol. The molecule has 4 aromatic carbocycles. The molecule has 6 rings (SSSR count). The number of esters is 3. The maximum absolute atomic E-state index is 14.1. The van der Waals surface area contributed by atoms with Gasteiger partial charge >= 0.3 is 30.3 Å². The van der Waals surface area contributed by atoms with Gasteiger partial charge in [0, 0.05) is 11.1 Å². The molecule has 0 heterocycles. The van der Waals surface area contributed by atoms with E-state index in [1.165, 1.54) is 20.8 Å². The summed E-state index contributed by atoms with van der Waals surface area (Å²) in [4.78, 5) is 54.5. The van der Waals surface area contributed by atoms with Crippen LogP contribution in [-0.4, -0.2) is 48.3 Å². The quantitative estimate of drug-likeness (QED) is 0.0609. The smallest absolute Gasteiger partial charge is 0.434 e. The van der Waals surface area contributed by atoms with Gasteiger partial charge in [0.15, 0.2) is 5.78 Å². The van der Waals surface area contributed by atoms with E-state index in [9.17, 15) is 45.5 Å². The minimum absolute atomic E-state index is 0.106. The molecule has 4 atom stereocenters. The highest BCUT2D eigenvalue weighted by Gasteiger charge is 2.61. The molecule has 0 aromatic heterocycles. The molecule has 4 aromatic rings. The van der Waals surface area contributed by atoms with Crippen LogP contribution in [0, 0.1) is 28.1 Å². The molecule has 57 heavy (non-hydrogen) atoms. The standard InChI is InChI=1S/C44H44F6O7/c1-40(2,37(52)55-33-17-16-27-13-15-31(21-32(27)22-33)35(51)30-14-12-26-8-6-7-9-28(26)20-30)23-42(5,39(54)56-34-19-25-10-11-29(34)18-25)24-41(3,4)38(53)57-36(43(45,46)47)44(48,49)50/h6-9,12-17,20-22,25,29,34,36H,10-11,18-19,23-24H2,1-5H3. The number of rotatable bonds is 12. The molecule has 0 aliphatic heterocycles. The number of halogens is 6. The number of carbonyl (C=O) groups excluding carboxylic acids is 4. The number of carbonyl (C=O) groups is 4. The highest BCUT2D eigenvalue weighted by Crippen LogP contribution is 2.49. The van der Waals surface area contributed by atoms with Gasteiger partial charge in [-0.25, -0.2) is 0 Å². The Morgan fingerprint density at radius 1 is 0.632 bits per heavy atom. The summed E-state index contributed by atoms with van der Waals surface area (Å²) in [5.41, 5.74) is -4.45. The highest BCUT2D eigenvalue weighted by molar-refractivity contribution is 6.12. The lowest BCUT2D eigenvalue weighted by atomic mass is 9.66. The van der Waals surface area contributed by atoms with Crippen molar-refractivity contribution >= 4 is 45.2 Å². The molecule has 2 bridgehead atoms. The van der Waals surface area contributed by atoms with Crippen LogP contribution in [0.1, 0.15) is 89.1 Å². The zero-order valence-corrected chi connectivity index (χ0v) is 32.2. The molecule has 304 valence electrons. The van der Waals surface area contributed by atoms with Gasteiger partial charge in [0.05, 0.1) is 16.2 Å². The first kappa shape index (κ1) is 41.7. The number of fused-ring (bicyclic) bond motifs is 4. The van der Waals surface area contributed by atoms with Crippen LogP contribution in [0.3, 0.4) is 0 Å². The molecule has 4 unspecified atom stereocenters. The SMILES string of the molecule is CC(C)(CC(C)(CC(C)(C)C(=O)OC(C(F)(F)F)C(F)(F)F)C(=O)OC1CC2CCC1C2)C(=O)Oc1ccc2ccc(C(=O)c3ccc4ccccc4c3)cc2c1. The van der Waals surface area contributed by atoms with E-state index in [4.69, 9.17) is 9.47 Å². The summed E-state index contributed by atoms with van der Waals surface area (Å²) in [6, 6.07) is 23.1. The lowest BCUT2D eigenvalue weighted by Crippen LogP contribution is -2.49. The lowest BCUT2D eigenvalue weighted by molar-refractivity contribution is -0.315. The largest absolute Gasteiger partial charge is 0.462 e. The summed E-state index contributed by atoms with van der Waals surface area (Å²) in [6.45, 7) is 6.51. The van der Waals surface area contributed by atoms with Crippen molar-refractivity contribution in [3.63, 3.8) is 0 Å². The molecule has 0 spiro atoms. The Kier molecular flexibility index (Phi) is 11.0. The van der Waals surface area contributed by atoms with Gasteiger partial charge in [-0.3, -0.25) is 19.2 Å². The zero-order chi connectivity index (χ0) is 41.7. The van der Waals surface area contributed by atoms with Gasteiger partial charge < -0.3 is 14.2 Å². The van der Waals surface area contributed by atoms with E-state index < -0.39 is 65.1 Å². The van der Waals surface area contributed by atoms with Crippen LogP contribution in [-0.2, 0) is 23.9 Å². The van der Waals surface area contributed by atoms with Crippen molar-refractivity contribution in [1.29, 1.82) is 0 Å². The van der Waals surface area contributed by atoms with Gasteiger partial charge in [-0.1, -0.05) is 54.6 Å². The van der Waals surface area contributed by atoms with Crippen molar-refractivity contribution in [3.8, 4) is 5.75 Å². The van der Waals surface area contributed by atoms with E-state index in [1.54, 1.807) is 42.5 Å². The number of ketones is 1. The number of alkyl halides is 6. The number of hydrogen-bond acceptors (Lipinski definition) is 7. The third kappa shape index (κ3) is 9.12. The molecule has 2 aliphatic rings. The molecular formula is C44H44F6O7. The van der Waals surface area contributed by atoms with Crippen LogP contribution in [0.25, 0.3) is 21.5 Å². The summed E-state index contributed by atoms with van der Waals surface area (Å²) in [5, 5.41) is 3.26. The minimum Gasteiger partial charge on any atom is -0.462 e. The maximum Gasteiger partial charge on any atom is 0.434 e. The van der Waals surface area contributed by atoms with Crippen molar-refractivity contribution < 1.29 is 59.7 Å². The molecule has 0 saturated heterocycles. The van der Waals surface area contributed by atoms with Crippen LogP contribution in [0.15, 0.2) is 78.9 Å². The van der Waals surface area contributed by atoms with Crippen molar-refractivity contribution in [3.05, 3.63) is 90.0 Å². The first-order chi connectivity index (χ1) is 26.4. The third-order valence-electron chi connectivity index (χ3n) is 11.3. The summed E-state index contributed by atoms with van der Waals surface area (Å²) in [6.07, 6.45) is -14.3. The van der Waals surface area contributed by atoms with Crippen LogP contribution in [0.2, 0.25) is 0 Å².